The largest absolute Gasteiger partial charge is 0.320 e. The van der Waals surface area contributed by atoms with Crippen molar-refractivity contribution in [2.45, 2.75) is 13.3 Å². The fourth-order valence-corrected chi connectivity index (χ4v) is 4.18. The molecule has 0 radical (unpaired) electrons. The Morgan fingerprint density at radius 3 is 2.79 bits per heavy atom. The van der Waals surface area contributed by atoms with E-state index in [1.165, 1.54) is 5.57 Å². The van der Waals surface area contributed by atoms with Crippen LogP contribution in [0.15, 0.2) is 74.0 Å². The fraction of sp³-hybridized carbons (Fsp3) is 0.185. The van der Waals surface area contributed by atoms with Gasteiger partial charge in [0, 0.05) is 42.9 Å². The molecule has 1 amide bonds. The maximum atomic E-state index is 12.9. The Morgan fingerprint density at radius 1 is 1.15 bits per heavy atom. The van der Waals surface area contributed by atoms with Crippen molar-refractivity contribution in [2.75, 3.05) is 25.5 Å². The summed E-state index contributed by atoms with van der Waals surface area (Å²) in [6, 6.07) is 9.67. The zero-order valence-corrected chi connectivity index (χ0v) is 19.3. The normalized spacial score (nSPS) is 14.1. The van der Waals surface area contributed by atoms with Gasteiger partial charge in [-0.2, -0.15) is 5.10 Å². The van der Waals surface area contributed by atoms with Gasteiger partial charge in [0.1, 0.15) is 0 Å². The van der Waals surface area contributed by atoms with Crippen molar-refractivity contribution in [1.82, 2.24) is 24.5 Å². The predicted octanol–water partition coefficient (Wildman–Crippen LogP) is 4.47. The molecule has 4 aromatic rings. The van der Waals surface area contributed by atoms with Gasteiger partial charge in [0.05, 0.1) is 29.2 Å². The van der Waals surface area contributed by atoms with E-state index in [1.807, 2.05) is 31.5 Å². The molecule has 1 aliphatic rings. The molecule has 0 aliphatic carbocycles. The van der Waals surface area contributed by atoms with Crippen LogP contribution in [0.25, 0.3) is 16.7 Å². The monoisotopic (exact) mass is 450 g/mol. The summed E-state index contributed by atoms with van der Waals surface area (Å²) in [6.45, 7) is 8.36. The summed E-state index contributed by atoms with van der Waals surface area (Å²) < 4.78 is 1.69. The molecule has 5 heterocycles. The van der Waals surface area contributed by atoms with Gasteiger partial charge in [0.15, 0.2) is 0 Å². The number of fused-ring (bicyclic) bond motifs is 1. The second-order valence-electron chi connectivity index (χ2n) is 8.58. The maximum Gasteiger partial charge on any atom is 0.259 e. The minimum Gasteiger partial charge on any atom is -0.320 e. The average Bonchev–Trinajstić information content (AvgIpc) is 3.29. The van der Waals surface area contributed by atoms with Crippen LogP contribution in [0.2, 0.25) is 0 Å². The number of hydrogen-bond acceptors (Lipinski definition) is 5. The van der Waals surface area contributed by atoms with Gasteiger partial charge < -0.3 is 10.2 Å². The number of nitrogens with one attached hydrogen (secondary N) is 1. The van der Waals surface area contributed by atoms with Gasteiger partial charge in [-0.3, -0.25) is 14.8 Å². The van der Waals surface area contributed by atoms with Gasteiger partial charge in [0.2, 0.25) is 0 Å². The molecule has 0 atom stereocenters. The Kier molecular flexibility index (Phi) is 5.77. The highest BCUT2D eigenvalue weighted by atomic mass is 16.1. The number of carbonyl (C=O) groups excluding carboxylic acids is 1. The van der Waals surface area contributed by atoms with E-state index in [0.717, 1.165) is 47.5 Å². The smallest absolute Gasteiger partial charge is 0.259 e. The lowest BCUT2D eigenvalue weighted by Crippen LogP contribution is -2.23. The van der Waals surface area contributed by atoms with Gasteiger partial charge in [-0.05, 0) is 73.0 Å². The highest BCUT2D eigenvalue weighted by molar-refractivity contribution is 6.09. The van der Waals surface area contributed by atoms with E-state index in [1.54, 1.807) is 35.2 Å². The van der Waals surface area contributed by atoms with E-state index >= 15 is 0 Å². The molecule has 5 rings (SSSR count). The van der Waals surface area contributed by atoms with Crippen LogP contribution in [-0.4, -0.2) is 50.5 Å². The topological polar surface area (TPSA) is 75.4 Å². The Balaban J connectivity index is 1.46. The molecule has 34 heavy (non-hydrogen) atoms. The fourth-order valence-electron chi connectivity index (χ4n) is 4.18. The standard InChI is InChI=1S/C27H26N6O/c1-18(24-13-22(15-29-19(24)2)20-6-10-32(3)11-7-20)21-8-12-33-26(14-21)25(17-30-33)27(34)31-23-5-4-9-28-16-23/h4-6,8-9,12-17H,1,7,10-11H2,2-3H3,(H,31,34). The van der Waals surface area contributed by atoms with Crippen LogP contribution in [0.3, 0.4) is 0 Å². The van der Waals surface area contributed by atoms with Gasteiger partial charge in [-0.15, -0.1) is 0 Å². The molecule has 7 heteroatoms. The molecule has 0 saturated carbocycles. The second-order valence-corrected chi connectivity index (χ2v) is 8.58. The molecule has 1 N–H and O–H groups in total. The predicted molar refractivity (Wildman–Crippen MR) is 135 cm³/mol. The third-order valence-electron chi connectivity index (χ3n) is 6.23. The lowest BCUT2D eigenvalue weighted by molar-refractivity contribution is 0.102. The summed E-state index contributed by atoms with van der Waals surface area (Å²) in [5.41, 5.74) is 7.99. The molecule has 0 unspecified atom stereocenters. The first-order chi connectivity index (χ1) is 16.5. The number of amides is 1. The molecule has 7 nitrogen and oxygen atoms in total. The first-order valence-electron chi connectivity index (χ1n) is 11.2. The molecule has 0 bridgehead atoms. The number of aryl methyl sites for hydroxylation is 1. The van der Waals surface area contributed by atoms with Crippen LogP contribution < -0.4 is 5.32 Å². The third kappa shape index (κ3) is 4.25. The molecule has 170 valence electrons. The molecule has 0 spiro atoms. The highest BCUT2D eigenvalue weighted by Gasteiger charge is 2.17. The number of hydrogen-bond donors (Lipinski definition) is 1. The molecular weight excluding hydrogens is 424 g/mol. The minimum absolute atomic E-state index is 0.236. The number of nitrogens with zero attached hydrogens (tertiary/aromatic N) is 5. The number of rotatable bonds is 5. The first-order valence-corrected chi connectivity index (χ1v) is 11.2. The Bertz CT molecular complexity index is 1420. The zero-order chi connectivity index (χ0) is 23.7. The summed E-state index contributed by atoms with van der Waals surface area (Å²) in [4.78, 5) is 23.9. The first kappa shape index (κ1) is 21.7. The number of anilines is 1. The van der Waals surface area contributed by atoms with Gasteiger partial charge in [-0.1, -0.05) is 12.7 Å². The van der Waals surface area contributed by atoms with E-state index in [0.29, 0.717) is 16.8 Å². The van der Waals surface area contributed by atoms with Crippen LogP contribution in [0, 0.1) is 6.92 Å². The lowest BCUT2D eigenvalue weighted by atomic mass is 9.94. The zero-order valence-electron chi connectivity index (χ0n) is 19.3. The van der Waals surface area contributed by atoms with Gasteiger partial charge >= 0.3 is 0 Å². The highest BCUT2D eigenvalue weighted by Crippen LogP contribution is 2.29. The van der Waals surface area contributed by atoms with Crippen LogP contribution in [-0.2, 0) is 0 Å². The van der Waals surface area contributed by atoms with Crippen molar-refractivity contribution >= 4 is 28.3 Å². The van der Waals surface area contributed by atoms with Crippen molar-refractivity contribution < 1.29 is 4.79 Å². The number of aromatic nitrogens is 4. The van der Waals surface area contributed by atoms with E-state index in [4.69, 9.17) is 0 Å². The molecule has 0 fully saturated rings. The van der Waals surface area contributed by atoms with Gasteiger partial charge in [-0.25, -0.2) is 4.52 Å². The Labute approximate surface area is 198 Å². The van der Waals surface area contributed by atoms with Crippen molar-refractivity contribution in [3.05, 3.63) is 102 Å². The molecule has 0 aromatic carbocycles. The average molecular weight is 451 g/mol. The van der Waals surface area contributed by atoms with E-state index in [9.17, 15) is 4.79 Å². The maximum absolute atomic E-state index is 12.9. The van der Waals surface area contributed by atoms with E-state index < -0.39 is 0 Å². The molecule has 1 aliphatic heterocycles. The summed E-state index contributed by atoms with van der Waals surface area (Å²) in [6.07, 6.45) is 11.9. The summed E-state index contributed by atoms with van der Waals surface area (Å²) in [5.74, 6) is -0.236. The molecule has 0 saturated heterocycles. The molecule has 4 aromatic heterocycles. The second kappa shape index (κ2) is 9.03. The minimum atomic E-state index is -0.236. The van der Waals surface area contributed by atoms with Crippen molar-refractivity contribution in [3.8, 4) is 0 Å². The summed E-state index contributed by atoms with van der Waals surface area (Å²) >= 11 is 0. The van der Waals surface area contributed by atoms with Crippen molar-refractivity contribution in [2.24, 2.45) is 0 Å². The van der Waals surface area contributed by atoms with Crippen LogP contribution in [0.5, 0.6) is 0 Å². The number of pyridine rings is 3. The molecular formula is C27H26N6O. The Morgan fingerprint density at radius 2 is 2.03 bits per heavy atom. The van der Waals surface area contributed by atoms with Crippen LogP contribution in [0.1, 0.15) is 39.2 Å². The summed E-state index contributed by atoms with van der Waals surface area (Å²) in [7, 11) is 2.13. The van der Waals surface area contributed by atoms with E-state index in [-0.39, 0.29) is 5.91 Å². The van der Waals surface area contributed by atoms with E-state index in [2.05, 4.69) is 51.1 Å². The SMILES string of the molecule is C=C(c1ccn2ncc(C(=O)Nc3cccnc3)c2c1)c1cc(C2=CCN(C)CC2)cnc1C. The van der Waals surface area contributed by atoms with Crippen molar-refractivity contribution in [3.63, 3.8) is 0 Å². The lowest BCUT2D eigenvalue weighted by Gasteiger charge is -2.22. The van der Waals surface area contributed by atoms with Crippen molar-refractivity contribution in [1.29, 1.82) is 0 Å². The summed E-state index contributed by atoms with van der Waals surface area (Å²) in [5, 5.41) is 7.22. The third-order valence-corrected chi connectivity index (χ3v) is 6.23. The number of likely N-dealkylation sites (N-methyl/N-ethyl adjacent to an activating group) is 1. The quantitative estimate of drug-likeness (QED) is 0.486. The number of carbonyl (C=O) groups is 1. The van der Waals surface area contributed by atoms with Gasteiger partial charge in [0.25, 0.3) is 5.91 Å². The van der Waals surface area contributed by atoms with Crippen LogP contribution >= 0.6 is 0 Å². The Hall–Kier alpha value is -4.10. The van der Waals surface area contributed by atoms with Crippen LogP contribution in [0.4, 0.5) is 5.69 Å².